The third kappa shape index (κ3) is 3.48. The lowest BCUT2D eigenvalue weighted by Gasteiger charge is -2.37. The first-order chi connectivity index (χ1) is 9.61. The second kappa shape index (κ2) is 6.70. The van der Waals surface area contributed by atoms with Crippen LogP contribution in [0.2, 0.25) is 0 Å². The fourth-order valence-corrected chi connectivity index (χ4v) is 2.87. The first-order valence-electron chi connectivity index (χ1n) is 7.11. The molecule has 2 amide bonds. The molecule has 110 valence electrons. The van der Waals surface area contributed by atoms with Crippen molar-refractivity contribution in [1.29, 1.82) is 0 Å². The number of benzene rings is 1. The Bertz CT molecular complexity index is 449. The minimum absolute atomic E-state index is 0.165. The molecule has 1 fully saturated rings. The van der Waals surface area contributed by atoms with E-state index in [1.165, 1.54) is 18.6 Å². The molecule has 0 aliphatic heterocycles. The Morgan fingerprint density at radius 1 is 1.35 bits per heavy atom. The van der Waals surface area contributed by atoms with Crippen LogP contribution in [-0.4, -0.2) is 30.6 Å². The number of hydrogen-bond acceptors (Lipinski definition) is 2. The van der Waals surface area contributed by atoms with Crippen LogP contribution in [-0.2, 0) is 0 Å². The van der Waals surface area contributed by atoms with Crippen LogP contribution in [0.5, 0.6) is 0 Å². The van der Waals surface area contributed by atoms with Gasteiger partial charge in [-0.1, -0.05) is 12.8 Å². The molecule has 0 bridgehead atoms. The maximum atomic E-state index is 12.8. The summed E-state index contributed by atoms with van der Waals surface area (Å²) in [5, 5.41) is 2.79. The Morgan fingerprint density at radius 2 is 2.00 bits per heavy atom. The monoisotopic (exact) mass is 279 g/mol. The number of carbonyl (C=O) groups excluding carboxylic acids is 1. The lowest BCUT2D eigenvalue weighted by Crippen LogP contribution is -2.47. The van der Waals surface area contributed by atoms with Crippen molar-refractivity contribution in [2.75, 3.05) is 18.9 Å². The first kappa shape index (κ1) is 14.8. The van der Waals surface area contributed by atoms with Gasteiger partial charge >= 0.3 is 6.03 Å². The molecule has 1 aromatic rings. The molecule has 4 nitrogen and oxygen atoms in total. The molecule has 0 aromatic heterocycles. The van der Waals surface area contributed by atoms with E-state index in [0.717, 1.165) is 19.3 Å². The van der Waals surface area contributed by atoms with E-state index in [2.05, 4.69) is 5.32 Å². The maximum Gasteiger partial charge on any atom is 0.321 e. The molecule has 20 heavy (non-hydrogen) atoms. The van der Waals surface area contributed by atoms with Gasteiger partial charge in [-0.2, -0.15) is 0 Å². The molecule has 0 saturated heterocycles. The van der Waals surface area contributed by atoms with Crippen LogP contribution < -0.4 is 11.1 Å². The Hall–Kier alpha value is -1.62. The van der Waals surface area contributed by atoms with Crippen molar-refractivity contribution in [3.05, 3.63) is 30.1 Å². The molecule has 1 aromatic carbocycles. The SMILES string of the molecule is CN(C(=O)Nc1ccc(F)cc1)C1CCCCC1CN. The fraction of sp³-hybridized carbons (Fsp3) is 0.533. The molecule has 1 aliphatic rings. The third-order valence-electron chi connectivity index (χ3n) is 4.09. The summed E-state index contributed by atoms with van der Waals surface area (Å²) in [5.74, 6) is 0.0551. The zero-order chi connectivity index (χ0) is 14.5. The van der Waals surface area contributed by atoms with Gasteiger partial charge in [-0.25, -0.2) is 9.18 Å². The summed E-state index contributed by atoms with van der Waals surface area (Å²) in [4.78, 5) is 14.0. The minimum Gasteiger partial charge on any atom is -0.330 e. The number of carbonyl (C=O) groups is 1. The molecule has 0 heterocycles. The second-order valence-electron chi connectivity index (χ2n) is 5.40. The highest BCUT2D eigenvalue weighted by Crippen LogP contribution is 2.27. The Balaban J connectivity index is 1.98. The molecule has 0 spiro atoms. The number of nitrogens with zero attached hydrogens (tertiary/aromatic N) is 1. The van der Waals surface area contributed by atoms with Crippen molar-refractivity contribution >= 4 is 11.7 Å². The summed E-state index contributed by atoms with van der Waals surface area (Å²) < 4.78 is 12.8. The zero-order valence-electron chi connectivity index (χ0n) is 11.8. The van der Waals surface area contributed by atoms with Crippen LogP contribution in [0, 0.1) is 11.7 Å². The van der Waals surface area contributed by atoms with Gasteiger partial charge in [0.25, 0.3) is 0 Å². The molecule has 1 saturated carbocycles. The lowest BCUT2D eigenvalue weighted by atomic mass is 9.84. The summed E-state index contributed by atoms with van der Waals surface area (Å²) in [6.07, 6.45) is 4.39. The van der Waals surface area contributed by atoms with E-state index in [-0.39, 0.29) is 17.9 Å². The molecule has 3 N–H and O–H groups in total. The summed E-state index contributed by atoms with van der Waals surface area (Å²) in [6.45, 7) is 0.610. The standard InChI is InChI=1S/C15H22FN3O/c1-19(14-5-3-2-4-11(14)10-17)15(20)18-13-8-6-12(16)7-9-13/h6-9,11,14H,2-5,10,17H2,1H3,(H,18,20). The van der Waals surface area contributed by atoms with E-state index in [1.807, 2.05) is 0 Å². The van der Waals surface area contributed by atoms with Gasteiger partial charge < -0.3 is 16.0 Å². The second-order valence-corrected chi connectivity index (χ2v) is 5.40. The predicted molar refractivity (Wildman–Crippen MR) is 78.0 cm³/mol. The number of urea groups is 1. The van der Waals surface area contributed by atoms with E-state index < -0.39 is 0 Å². The molecular weight excluding hydrogens is 257 g/mol. The summed E-state index contributed by atoms with van der Waals surface area (Å²) in [5.41, 5.74) is 6.40. The molecule has 1 aliphatic carbocycles. The predicted octanol–water partition coefficient (Wildman–Crippen LogP) is 2.81. The van der Waals surface area contributed by atoms with Crippen LogP contribution in [0.3, 0.4) is 0 Å². The van der Waals surface area contributed by atoms with Gasteiger partial charge in [0.2, 0.25) is 0 Å². The quantitative estimate of drug-likeness (QED) is 0.894. The van der Waals surface area contributed by atoms with Crippen molar-refractivity contribution < 1.29 is 9.18 Å². The fourth-order valence-electron chi connectivity index (χ4n) is 2.87. The number of nitrogens with one attached hydrogen (secondary N) is 1. The average molecular weight is 279 g/mol. The van der Waals surface area contributed by atoms with Crippen molar-refractivity contribution in [3.8, 4) is 0 Å². The molecule has 2 unspecified atom stereocenters. The molecule has 2 atom stereocenters. The summed E-state index contributed by atoms with van der Waals surface area (Å²) >= 11 is 0. The van der Waals surface area contributed by atoms with Crippen LogP contribution in [0.4, 0.5) is 14.9 Å². The van der Waals surface area contributed by atoms with Gasteiger partial charge in [-0.15, -0.1) is 0 Å². The van der Waals surface area contributed by atoms with Crippen molar-refractivity contribution in [1.82, 2.24) is 4.90 Å². The van der Waals surface area contributed by atoms with E-state index in [1.54, 1.807) is 24.1 Å². The van der Waals surface area contributed by atoms with Crippen LogP contribution >= 0.6 is 0 Å². The van der Waals surface area contributed by atoms with Crippen molar-refractivity contribution in [2.45, 2.75) is 31.7 Å². The average Bonchev–Trinajstić information content (AvgIpc) is 2.48. The topological polar surface area (TPSA) is 58.4 Å². The Labute approximate surface area is 119 Å². The highest BCUT2D eigenvalue weighted by molar-refractivity contribution is 5.89. The molecule has 5 heteroatoms. The lowest BCUT2D eigenvalue weighted by molar-refractivity contribution is 0.150. The van der Waals surface area contributed by atoms with Crippen molar-refractivity contribution in [2.24, 2.45) is 11.7 Å². The number of anilines is 1. The Kier molecular flexibility index (Phi) is 4.95. The van der Waals surface area contributed by atoms with Crippen LogP contribution in [0.15, 0.2) is 24.3 Å². The highest BCUT2D eigenvalue weighted by Gasteiger charge is 2.29. The molecular formula is C15H22FN3O. The zero-order valence-corrected chi connectivity index (χ0v) is 11.8. The Morgan fingerprint density at radius 3 is 2.65 bits per heavy atom. The van der Waals surface area contributed by atoms with E-state index >= 15 is 0 Å². The van der Waals surface area contributed by atoms with E-state index in [0.29, 0.717) is 18.2 Å². The van der Waals surface area contributed by atoms with Crippen molar-refractivity contribution in [3.63, 3.8) is 0 Å². The van der Waals surface area contributed by atoms with E-state index in [9.17, 15) is 9.18 Å². The smallest absolute Gasteiger partial charge is 0.321 e. The summed E-state index contributed by atoms with van der Waals surface area (Å²) in [7, 11) is 1.80. The van der Waals surface area contributed by atoms with Crippen LogP contribution in [0.1, 0.15) is 25.7 Å². The number of rotatable bonds is 3. The number of halogens is 1. The maximum absolute atomic E-state index is 12.8. The van der Waals surface area contributed by atoms with Gasteiger partial charge in [0.1, 0.15) is 5.82 Å². The number of nitrogens with two attached hydrogens (primary N) is 1. The van der Waals surface area contributed by atoms with Gasteiger partial charge in [-0.05, 0) is 49.6 Å². The highest BCUT2D eigenvalue weighted by atomic mass is 19.1. The van der Waals surface area contributed by atoms with Gasteiger partial charge in [0, 0.05) is 18.8 Å². The first-order valence-corrected chi connectivity index (χ1v) is 7.11. The van der Waals surface area contributed by atoms with Gasteiger partial charge in [0.15, 0.2) is 0 Å². The van der Waals surface area contributed by atoms with Gasteiger partial charge in [-0.3, -0.25) is 0 Å². The summed E-state index contributed by atoms with van der Waals surface area (Å²) in [6, 6.07) is 5.80. The van der Waals surface area contributed by atoms with Crippen LogP contribution in [0.25, 0.3) is 0 Å². The third-order valence-corrected chi connectivity index (χ3v) is 4.09. The molecule has 2 rings (SSSR count). The molecule has 0 radical (unpaired) electrons. The normalized spacial score (nSPS) is 22.4. The number of amides is 2. The number of hydrogen-bond donors (Lipinski definition) is 2. The van der Waals surface area contributed by atoms with E-state index in [4.69, 9.17) is 5.73 Å². The van der Waals surface area contributed by atoms with Gasteiger partial charge in [0.05, 0.1) is 0 Å². The largest absolute Gasteiger partial charge is 0.330 e. The minimum atomic E-state index is -0.313.